The Kier molecular flexibility index (Phi) is 5.24. The lowest BCUT2D eigenvalue weighted by molar-refractivity contribution is 0.0949. The van der Waals surface area contributed by atoms with E-state index in [4.69, 9.17) is 4.74 Å². The van der Waals surface area contributed by atoms with E-state index in [1.54, 1.807) is 43.5 Å². The number of benzene rings is 3. The molecule has 1 amide bonds. The number of imidazole rings is 1. The van der Waals surface area contributed by atoms with Crippen LogP contribution in [0.1, 0.15) is 21.7 Å². The number of hydrogen-bond acceptors (Lipinski definition) is 3. The van der Waals surface area contributed by atoms with Crippen LogP contribution in [0.4, 0.5) is 4.39 Å². The molecule has 0 aliphatic heterocycles. The Bertz CT molecular complexity index is 1150. The minimum absolute atomic E-state index is 0.204. The van der Waals surface area contributed by atoms with Gasteiger partial charge in [-0.15, -0.1) is 0 Å². The number of ether oxygens (including phenoxy) is 1. The van der Waals surface area contributed by atoms with Crippen molar-refractivity contribution in [1.29, 1.82) is 0 Å². The summed E-state index contributed by atoms with van der Waals surface area (Å²) in [4.78, 5) is 17.2. The molecular formula is C23H20FN3O2. The third-order valence-corrected chi connectivity index (χ3v) is 4.73. The van der Waals surface area contributed by atoms with Gasteiger partial charge in [-0.25, -0.2) is 9.37 Å². The van der Waals surface area contributed by atoms with Gasteiger partial charge in [-0.3, -0.25) is 4.79 Å². The quantitative estimate of drug-likeness (QED) is 0.539. The molecule has 4 rings (SSSR count). The van der Waals surface area contributed by atoms with E-state index >= 15 is 0 Å². The molecule has 0 saturated carbocycles. The average Bonchev–Trinajstić information content (AvgIpc) is 3.11. The lowest BCUT2D eigenvalue weighted by Gasteiger charge is -2.11. The summed E-state index contributed by atoms with van der Waals surface area (Å²) < 4.78 is 20.5. The molecule has 5 nitrogen and oxygen atoms in total. The van der Waals surface area contributed by atoms with Crippen LogP contribution in [-0.2, 0) is 13.1 Å². The smallest absolute Gasteiger partial charge is 0.251 e. The van der Waals surface area contributed by atoms with Crippen molar-refractivity contribution in [2.24, 2.45) is 0 Å². The predicted octanol–water partition coefficient (Wildman–Crippen LogP) is 4.16. The van der Waals surface area contributed by atoms with Crippen LogP contribution in [-0.4, -0.2) is 22.6 Å². The van der Waals surface area contributed by atoms with Gasteiger partial charge in [-0.05, 0) is 48.0 Å². The summed E-state index contributed by atoms with van der Waals surface area (Å²) in [7, 11) is 1.56. The number of nitrogens with one attached hydrogen (secondary N) is 1. The first-order valence-corrected chi connectivity index (χ1v) is 9.25. The fourth-order valence-electron chi connectivity index (χ4n) is 3.23. The van der Waals surface area contributed by atoms with Crippen molar-refractivity contribution >= 4 is 16.9 Å². The number of amides is 1. The number of nitrogens with zero attached hydrogens (tertiary/aromatic N) is 2. The van der Waals surface area contributed by atoms with E-state index in [9.17, 15) is 9.18 Å². The van der Waals surface area contributed by atoms with E-state index in [1.807, 2.05) is 28.8 Å². The molecule has 0 aliphatic carbocycles. The van der Waals surface area contributed by atoms with E-state index in [2.05, 4.69) is 10.3 Å². The summed E-state index contributed by atoms with van der Waals surface area (Å²) in [5.41, 5.74) is 3.28. The Morgan fingerprint density at radius 2 is 1.86 bits per heavy atom. The summed E-state index contributed by atoms with van der Waals surface area (Å²) in [5, 5.41) is 2.92. The fourth-order valence-corrected chi connectivity index (χ4v) is 3.23. The van der Waals surface area contributed by atoms with Crippen LogP contribution < -0.4 is 10.1 Å². The highest BCUT2D eigenvalue weighted by Gasteiger charge is 2.13. The normalized spacial score (nSPS) is 10.8. The van der Waals surface area contributed by atoms with Crippen molar-refractivity contribution in [2.45, 2.75) is 13.1 Å². The first kappa shape index (κ1) is 18.7. The first-order valence-electron chi connectivity index (χ1n) is 9.25. The van der Waals surface area contributed by atoms with Gasteiger partial charge in [-0.2, -0.15) is 0 Å². The van der Waals surface area contributed by atoms with Crippen molar-refractivity contribution in [2.75, 3.05) is 7.11 Å². The summed E-state index contributed by atoms with van der Waals surface area (Å²) in [5.74, 6) is 0.882. The zero-order chi connectivity index (χ0) is 20.2. The van der Waals surface area contributed by atoms with Crippen molar-refractivity contribution in [3.8, 4) is 5.75 Å². The zero-order valence-corrected chi connectivity index (χ0v) is 15.9. The minimum atomic E-state index is -0.269. The molecule has 0 radical (unpaired) electrons. The number of hydrogen-bond donors (Lipinski definition) is 1. The van der Waals surface area contributed by atoms with Gasteiger partial charge in [0.2, 0.25) is 0 Å². The van der Waals surface area contributed by atoms with E-state index < -0.39 is 0 Å². The highest BCUT2D eigenvalue weighted by atomic mass is 19.1. The second-order valence-corrected chi connectivity index (χ2v) is 6.64. The molecule has 0 aliphatic rings. The summed E-state index contributed by atoms with van der Waals surface area (Å²) in [6, 6.07) is 21.2. The Morgan fingerprint density at radius 3 is 2.66 bits per heavy atom. The highest BCUT2D eigenvalue weighted by Crippen LogP contribution is 2.19. The largest absolute Gasteiger partial charge is 0.497 e. The van der Waals surface area contributed by atoms with E-state index in [1.165, 1.54) is 12.1 Å². The van der Waals surface area contributed by atoms with E-state index in [0.29, 0.717) is 17.9 Å². The van der Waals surface area contributed by atoms with Crippen LogP contribution in [0.5, 0.6) is 5.75 Å². The molecule has 4 aromatic rings. The Balaban J connectivity index is 1.59. The molecule has 0 saturated heterocycles. The molecule has 3 aromatic carbocycles. The van der Waals surface area contributed by atoms with Crippen molar-refractivity contribution in [3.63, 3.8) is 0 Å². The predicted molar refractivity (Wildman–Crippen MR) is 109 cm³/mol. The molecule has 1 N–H and O–H groups in total. The number of halogens is 1. The second-order valence-electron chi connectivity index (χ2n) is 6.64. The SMILES string of the molecule is COc1cccc(C(=O)NCc2nc3ccccc3n2Cc2ccc(F)cc2)c1. The van der Waals surface area contributed by atoms with Crippen LogP contribution in [0, 0.1) is 5.82 Å². The van der Waals surface area contributed by atoms with Gasteiger partial charge in [0, 0.05) is 12.1 Å². The molecule has 6 heteroatoms. The molecular weight excluding hydrogens is 369 g/mol. The Labute approximate surface area is 167 Å². The summed E-state index contributed by atoms with van der Waals surface area (Å²) >= 11 is 0. The molecule has 1 aromatic heterocycles. The van der Waals surface area contributed by atoms with Crippen LogP contribution in [0.2, 0.25) is 0 Å². The van der Waals surface area contributed by atoms with Crippen LogP contribution >= 0.6 is 0 Å². The molecule has 0 unspecified atom stereocenters. The lowest BCUT2D eigenvalue weighted by Crippen LogP contribution is -2.25. The van der Waals surface area contributed by atoms with Gasteiger partial charge in [0.25, 0.3) is 5.91 Å². The van der Waals surface area contributed by atoms with E-state index in [-0.39, 0.29) is 18.3 Å². The monoisotopic (exact) mass is 389 g/mol. The average molecular weight is 389 g/mol. The second kappa shape index (κ2) is 8.14. The van der Waals surface area contributed by atoms with Gasteiger partial charge < -0.3 is 14.6 Å². The number of carbonyl (C=O) groups is 1. The van der Waals surface area contributed by atoms with Crippen molar-refractivity contribution in [1.82, 2.24) is 14.9 Å². The van der Waals surface area contributed by atoms with Gasteiger partial charge in [0.05, 0.1) is 24.7 Å². The molecule has 1 heterocycles. The third-order valence-electron chi connectivity index (χ3n) is 4.73. The van der Waals surface area contributed by atoms with Gasteiger partial charge in [0.15, 0.2) is 0 Å². The van der Waals surface area contributed by atoms with Crippen LogP contribution in [0.3, 0.4) is 0 Å². The number of para-hydroxylation sites is 2. The number of rotatable bonds is 6. The molecule has 29 heavy (non-hydrogen) atoms. The molecule has 146 valence electrons. The number of methoxy groups -OCH3 is 1. The van der Waals surface area contributed by atoms with Crippen molar-refractivity contribution in [3.05, 3.63) is 95.6 Å². The highest BCUT2D eigenvalue weighted by molar-refractivity contribution is 5.94. The van der Waals surface area contributed by atoms with Gasteiger partial charge in [-0.1, -0.05) is 30.3 Å². The van der Waals surface area contributed by atoms with Crippen LogP contribution in [0.25, 0.3) is 11.0 Å². The maximum absolute atomic E-state index is 13.2. The lowest BCUT2D eigenvalue weighted by atomic mass is 10.2. The fraction of sp³-hybridized carbons (Fsp3) is 0.130. The number of fused-ring (bicyclic) bond motifs is 1. The van der Waals surface area contributed by atoms with Crippen LogP contribution in [0.15, 0.2) is 72.8 Å². The molecule has 0 fully saturated rings. The van der Waals surface area contributed by atoms with Gasteiger partial charge in [0.1, 0.15) is 17.4 Å². The van der Waals surface area contributed by atoms with Gasteiger partial charge >= 0.3 is 0 Å². The zero-order valence-electron chi connectivity index (χ0n) is 15.9. The third kappa shape index (κ3) is 4.11. The minimum Gasteiger partial charge on any atom is -0.497 e. The topological polar surface area (TPSA) is 56.1 Å². The first-order chi connectivity index (χ1) is 14.1. The standard InChI is InChI=1S/C23H20FN3O2/c1-29-19-6-4-5-17(13-19)23(28)25-14-22-26-20-7-2-3-8-21(20)27(22)15-16-9-11-18(24)12-10-16/h2-13H,14-15H2,1H3,(H,25,28). The maximum Gasteiger partial charge on any atom is 0.251 e. The number of aromatic nitrogens is 2. The molecule has 0 atom stereocenters. The van der Waals surface area contributed by atoms with E-state index in [0.717, 1.165) is 22.4 Å². The summed E-state index contributed by atoms with van der Waals surface area (Å²) in [6.07, 6.45) is 0. The number of carbonyl (C=O) groups excluding carboxylic acids is 1. The van der Waals surface area contributed by atoms with Crippen molar-refractivity contribution < 1.29 is 13.9 Å². The molecule has 0 spiro atoms. The Morgan fingerprint density at radius 1 is 1.07 bits per heavy atom. The molecule has 0 bridgehead atoms. The Hall–Kier alpha value is -3.67. The maximum atomic E-state index is 13.2. The summed E-state index contributed by atoms with van der Waals surface area (Å²) in [6.45, 7) is 0.803.